The lowest BCUT2D eigenvalue weighted by molar-refractivity contribution is 0.727. The molecule has 0 fully saturated rings. The predicted octanol–water partition coefficient (Wildman–Crippen LogP) is 3.47. The number of hydrogen-bond acceptors (Lipinski definition) is 4. The van der Waals surface area contributed by atoms with Crippen LogP contribution in [0.4, 0.5) is 0 Å². The number of nitrogens with zero attached hydrogens (tertiary/aromatic N) is 1. The first-order chi connectivity index (χ1) is 8.33. The fourth-order valence-electron chi connectivity index (χ4n) is 1.73. The lowest BCUT2D eigenvalue weighted by Crippen LogP contribution is -2.11. The van der Waals surface area contributed by atoms with Crippen molar-refractivity contribution in [3.63, 3.8) is 0 Å². The van der Waals surface area contributed by atoms with E-state index in [1.54, 1.807) is 0 Å². The molecule has 0 bridgehead atoms. The van der Waals surface area contributed by atoms with Gasteiger partial charge in [-0.1, -0.05) is 19.9 Å². The van der Waals surface area contributed by atoms with Crippen LogP contribution in [0.1, 0.15) is 34.3 Å². The van der Waals surface area contributed by atoms with Gasteiger partial charge in [-0.2, -0.15) is 0 Å². The quantitative estimate of drug-likeness (QED) is 0.866. The smallest absolute Gasteiger partial charge is 0.0983 e. The van der Waals surface area contributed by atoms with Crippen LogP contribution in [0.3, 0.4) is 0 Å². The van der Waals surface area contributed by atoms with Gasteiger partial charge in [-0.25, -0.2) is 4.98 Å². The minimum absolute atomic E-state index is 0.960. The summed E-state index contributed by atoms with van der Waals surface area (Å²) >= 11 is 3.66. The highest BCUT2D eigenvalue weighted by molar-refractivity contribution is 7.12. The molecule has 0 aliphatic heterocycles. The summed E-state index contributed by atoms with van der Waals surface area (Å²) in [5.74, 6) is 0. The minimum atomic E-state index is 0.960. The molecule has 0 aromatic carbocycles. The molecule has 0 amide bonds. The first-order valence-corrected chi connectivity index (χ1v) is 7.73. The molecule has 2 aromatic rings. The second-order valence-corrected chi connectivity index (χ2v) is 6.07. The molecule has 0 saturated carbocycles. The van der Waals surface area contributed by atoms with Gasteiger partial charge in [0.1, 0.15) is 0 Å². The Hall–Kier alpha value is -0.710. The summed E-state index contributed by atoms with van der Waals surface area (Å²) in [4.78, 5) is 7.54. The first kappa shape index (κ1) is 12.7. The lowest BCUT2D eigenvalue weighted by atomic mass is 10.3. The van der Waals surface area contributed by atoms with E-state index in [0.29, 0.717) is 0 Å². The zero-order chi connectivity index (χ0) is 12.1. The van der Waals surface area contributed by atoms with Gasteiger partial charge < -0.3 is 5.32 Å². The van der Waals surface area contributed by atoms with Crippen molar-refractivity contribution in [3.8, 4) is 0 Å². The van der Waals surface area contributed by atoms with Gasteiger partial charge in [0.25, 0.3) is 0 Å². The number of thiophene rings is 1. The molecule has 0 spiro atoms. The van der Waals surface area contributed by atoms with Crippen molar-refractivity contribution < 1.29 is 0 Å². The highest BCUT2D eigenvalue weighted by atomic mass is 32.1. The van der Waals surface area contributed by atoms with Crippen LogP contribution in [-0.4, -0.2) is 11.5 Å². The average Bonchev–Trinajstić information content (AvgIpc) is 2.96. The third kappa shape index (κ3) is 3.37. The number of aromatic nitrogens is 1. The molecule has 0 radical (unpaired) electrons. The van der Waals surface area contributed by atoms with Crippen molar-refractivity contribution in [2.45, 2.75) is 33.2 Å². The Morgan fingerprint density at radius 2 is 2.24 bits per heavy atom. The average molecular weight is 266 g/mol. The summed E-state index contributed by atoms with van der Waals surface area (Å²) in [7, 11) is 0. The summed E-state index contributed by atoms with van der Waals surface area (Å²) in [6.45, 7) is 6.29. The molecule has 0 saturated heterocycles. The van der Waals surface area contributed by atoms with Crippen molar-refractivity contribution in [2.75, 3.05) is 6.54 Å². The standard InChI is InChI=1S/C13H18N2S2/c1-3-11-12(9-14-4-2)17-13(15-11)8-10-6-5-7-16-10/h5-7,14H,3-4,8-9H2,1-2H3. The van der Waals surface area contributed by atoms with Crippen molar-refractivity contribution in [1.82, 2.24) is 10.3 Å². The van der Waals surface area contributed by atoms with Crippen LogP contribution in [0, 0.1) is 0 Å². The maximum atomic E-state index is 4.74. The van der Waals surface area contributed by atoms with E-state index in [2.05, 4.69) is 36.7 Å². The van der Waals surface area contributed by atoms with Crippen LogP contribution in [-0.2, 0) is 19.4 Å². The van der Waals surface area contributed by atoms with Gasteiger partial charge >= 0.3 is 0 Å². The Morgan fingerprint density at radius 3 is 2.88 bits per heavy atom. The summed E-state index contributed by atoms with van der Waals surface area (Å²) in [6, 6.07) is 4.29. The highest BCUT2D eigenvalue weighted by Crippen LogP contribution is 2.23. The van der Waals surface area contributed by atoms with Crippen LogP contribution in [0.2, 0.25) is 0 Å². The van der Waals surface area contributed by atoms with Gasteiger partial charge in [-0.05, 0) is 24.4 Å². The Bertz CT molecular complexity index is 446. The fourth-order valence-corrected chi connectivity index (χ4v) is 3.68. The SMILES string of the molecule is CCNCc1sc(Cc2cccs2)nc1CC. The van der Waals surface area contributed by atoms with E-state index < -0.39 is 0 Å². The minimum Gasteiger partial charge on any atom is -0.312 e. The van der Waals surface area contributed by atoms with Crippen molar-refractivity contribution in [1.29, 1.82) is 0 Å². The van der Waals surface area contributed by atoms with Crippen LogP contribution in [0.15, 0.2) is 17.5 Å². The maximum absolute atomic E-state index is 4.74. The van der Waals surface area contributed by atoms with Crippen LogP contribution < -0.4 is 5.32 Å². The van der Waals surface area contributed by atoms with Crippen LogP contribution in [0.5, 0.6) is 0 Å². The summed E-state index contributed by atoms with van der Waals surface area (Å²) in [5.41, 5.74) is 1.27. The number of nitrogens with one attached hydrogen (secondary N) is 1. The monoisotopic (exact) mass is 266 g/mol. The highest BCUT2D eigenvalue weighted by Gasteiger charge is 2.09. The van der Waals surface area contributed by atoms with E-state index in [4.69, 9.17) is 4.98 Å². The molecule has 2 nitrogen and oxygen atoms in total. The molecule has 92 valence electrons. The van der Waals surface area contributed by atoms with Gasteiger partial charge in [0.05, 0.1) is 10.7 Å². The second-order valence-electron chi connectivity index (χ2n) is 3.87. The summed E-state index contributed by atoms with van der Waals surface area (Å²) < 4.78 is 0. The van der Waals surface area contributed by atoms with Gasteiger partial charge in [0.2, 0.25) is 0 Å². The number of thiazole rings is 1. The van der Waals surface area contributed by atoms with E-state index in [-0.39, 0.29) is 0 Å². The van der Waals surface area contributed by atoms with Crippen molar-refractivity contribution >= 4 is 22.7 Å². The third-order valence-corrected chi connectivity index (χ3v) is 4.57. The van der Waals surface area contributed by atoms with E-state index in [9.17, 15) is 0 Å². The van der Waals surface area contributed by atoms with Crippen molar-refractivity contribution in [2.24, 2.45) is 0 Å². The van der Waals surface area contributed by atoms with E-state index >= 15 is 0 Å². The molecule has 0 unspecified atom stereocenters. The summed E-state index contributed by atoms with van der Waals surface area (Å²) in [5, 5.41) is 6.76. The van der Waals surface area contributed by atoms with Gasteiger partial charge in [-0.15, -0.1) is 22.7 Å². The topological polar surface area (TPSA) is 24.9 Å². The third-order valence-electron chi connectivity index (χ3n) is 2.60. The molecule has 17 heavy (non-hydrogen) atoms. The Balaban J connectivity index is 2.10. The second kappa shape index (κ2) is 6.28. The van der Waals surface area contributed by atoms with Crippen LogP contribution in [0.25, 0.3) is 0 Å². The first-order valence-electron chi connectivity index (χ1n) is 6.04. The number of rotatable bonds is 6. The zero-order valence-corrected chi connectivity index (χ0v) is 12.0. The molecule has 0 aliphatic rings. The number of aryl methyl sites for hydroxylation is 1. The largest absolute Gasteiger partial charge is 0.312 e. The molecular weight excluding hydrogens is 248 g/mol. The Kier molecular flexibility index (Phi) is 4.71. The predicted molar refractivity (Wildman–Crippen MR) is 76.0 cm³/mol. The molecule has 1 N–H and O–H groups in total. The molecular formula is C13H18N2S2. The Labute approximate surface area is 111 Å². The molecule has 2 aromatic heterocycles. The maximum Gasteiger partial charge on any atom is 0.0983 e. The normalized spacial score (nSPS) is 10.9. The van der Waals surface area contributed by atoms with Gasteiger partial charge in [0.15, 0.2) is 0 Å². The van der Waals surface area contributed by atoms with E-state index in [0.717, 1.165) is 25.9 Å². The molecule has 0 atom stereocenters. The fraction of sp³-hybridized carbons (Fsp3) is 0.462. The van der Waals surface area contributed by atoms with E-state index in [1.807, 2.05) is 22.7 Å². The molecule has 2 rings (SSSR count). The molecule has 4 heteroatoms. The number of hydrogen-bond donors (Lipinski definition) is 1. The summed E-state index contributed by atoms with van der Waals surface area (Å²) in [6.07, 6.45) is 2.02. The van der Waals surface area contributed by atoms with Gasteiger partial charge in [0, 0.05) is 22.7 Å². The molecule has 0 aliphatic carbocycles. The van der Waals surface area contributed by atoms with Gasteiger partial charge in [-0.3, -0.25) is 0 Å². The van der Waals surface area contributed by atoms with Crippen LogP contribution >= 0.6 is 22.7 Å². The molecule has 2 heterocycles. The van der Waals surface area contributed by atoms with E-state index in [1.165, 1.54) is 20.5 Å². The zero-order valence-electron chi connectivity index (χ0n) is 10.3. The Morgan fingerprint density at radius 1 is 1.35 bits per heavy atom. The lowest BCUT2D eigenvalue weighted by Gasteiger charge is -1.99. The van der Waals surface area contributed by atoms with Crippen molar-refractivity contribution in [3.05, 3.63) is 38.0 Å².